The van der Waals surface area contributed by atoms with E-state index in [1.807, 2.05) is 22.9 Å². The minimum atomic E-state index is -5.08. The number of carbonyl (C=O) groups excluding carboxylic acids is 1. The zero-order valence-electron chi connectivity index (χ0n) is 23.8. The average molecular weight is 637 g/mol. The van der Waals surface area contributed by atoms with Crippen molar-refractivity contribution in [1.29, 1.82) is 0 Å². The molecule has 0 radical (unpaired) electrons. The molecule has 2 aliphatic rings. The Labute approximate surface area is 252 Å². The van der Waals surface area contributed by atoms with Gasteiger partial charge in [0.15, 0.2) is 0 Å². The molecule has 1 saturated carbocycles. The van der Waals surface area contributed by atoms with E-state index in [0.717, 1.165) is 57.1 Å². The topological polar surface area (TPSA) is 113 Å². The lowest BCUT2D eigenvalue weighted by molar-refractivity contribution is -0.192. The Morgan fingerprint density at radius 1 is 1.00 bits per heavy atom. The molecule has 2 N–H and O–H groups in total. The fourth-order valence-corrected chi connectivity index (χ4v) is 5.40. The Balaban J connectivity index is 0.000000566. The van der Waals surface area contributed by atoms with Crippen molar-refractivity contribution >= 4 is 21.9 Å². The van der Waals surface area contributed by atoms with Crippen molar-refractivity contribution in [3.8, 4) is 16.9 Å². The van der Waals surface area contributed by atoms with E-state index in [4.69, 9.17) is 14.6 Å². The number of rotatable bonds is 8. The summed E-state index contributed by atoms with van der Waals surface area (Å²) in [6, 6.07) is 21.6. The second-order valence-electron chi connectivity index (χ2n) is 10.8. The Bertz CT molecular complexity index is 1590. The van der Waals surface area contributed by atoms with Crippen LogP contribution >= 0.6 is 0 Å². The first-order valence-corrected chi connectivity index (χ1v) is 15.8. The average Bonchev–Trinajstić information content (AvgIpc) is 3.78. The SMILES string of the molecule is CS(=O)(=O)NC(=O)c1cc(C2CC2)c(O[C@@H]2CCCN(Cc3cccc(-c4ccccc4)c3)C2)cc1F.O=C(O)C(F)(F)F. The third-order valence-corrected chi connectivity index (χ3v) is 7.63. The minimum absolute atomic E-state index is 0.0985. The van der Waals surface area contributed by atoms with Crippen LogP contribution in [-0.4, -0.2) is 61.9 Å². The number of halogens is 4. The van der Waals surface area contributed by atoms with Crippen LogP contribution in [0.3, 0.4) is 0 Å². The Morgan fingerprint density at radius 3 is 2.27 bits per heavy atom. The van der Waals surface area contributed by atoms with Crippen LogP contribution < -0.4 is 9.46 Å². The normalized spacial score (nSPS) is 17.2. The van der Waals surface area contributed by atoms with Gasteiger partial charge in [-0.15, -0.1) is 0 Å². The molecule has 1 saturated heterocycles. The van der Waals surface area contributed by atoms with Gasteiger partial charge < -0.3 is 9.84 Å². The lowest BCUT2D eigenvalue weighted by Gasteiger charge is -2.33. The van der Waals surface area contributed by atoms with Crippen LogP contribution in [-0.2, 0) is 21.4 Å². The number of piperidine rings is 1. The monoisotopic (exact) mass is 636 g/mol. The van der Waals surface area contributed by atoms with Crippen molar-refractivity contribution in [3.63, 3.8) is 0 Å². The number of aliphatic carboxylic acids is 1. The summed E-state index contributed by atoms with van der Waals surface area (Å²) < 4.78 is 77.7. The van der Waals surface area contributed by atoms with Gasteiger partial charge in [-0.3, -0.25) is 9.69 Å². The molecule has 8 nitrogen and oxygen atoms in total. The number of likely N-dealkylation sites (tertiary alicyclic amines) is 1. The fraction of sp³-hybridized carbons (Fsp3) is 0.355. The fourth-order valence-electron chi connectivity index (χ4n) is 4.96. The number of carboxylic acid groups (broad SMARTS) is 1. The first-order chi connectivity index (χ1) is 20.7. The van der Waals surface area contributed by atoms with Crippen LogP contribution in [0.15, 0.2) is 66.7 Å². The molecule has 3 aromatic rings. The van der Waals surface area contributed by atoms with Crippen LogP contribution in [0.4, 0.5) is 17.6 Å². The first kappa shape index (κ1) is 32.9. The van der Waals surface area contributed by atoms with Crippen LogP contribution in [0.2, 0.25) is 0 Å². The molecule has 44 heavy (non-hydrogen) atoms. The molecule has 1 heterocycles. The summed E-state index contributed by atoms with van der Waals surface area (Å²) in [4.78, 5) is 23.6. The maximum Gasteiger partial charge on any atom is 0.490 e. The van der Waals surface area contributed by atoms with Gasteiger partial charge in [-0.05, 0) is 72.5 Å². The number of hydrogen-bond donors (Lipinski definition) is 2. The highest BCUT2D eigenvalue weighted by atomic mass is 32.2. The van der Waals surface area contributed by atoms with E-state index in [-0.39, 0.29) is 17.6 Å². The van der Waals surface area contributed by atoms with Gasteiger partial charge >= 0.3 is 12.1 Å². The summed E-state index contributed by atoms with van der Waals surface area (Å²) >= 11 is 0. The molecule has 0 unspecified atom stereocenters. The number of carboxylic acids is 1. The largest absolute Gasteiger partial charge is 0.490 e. The molecule has 3 aromatic carbocycles. The van der Waals surface area contributed by atoms with Crippen LogP contribution in [0.1, 0.15) is 53.1 Å². The van der Waals surface area contributed by atoms with Crippen molar-refractivity contribution in [3.05, 3.63) is 89.2 Å². The molecule has 1 aliphatic carbocycles. The summed E-state index contributed by atoms with van der Waals surface area (Å²) in [5.41, 5.74) is 4.10. The zero-order chi connectivity index (χ0) is 32.1. The van der Waals surface area contributed by atoms with Gasteiger partial charge in [0.25, 0.3) is 5.91 Å². The molecule has 1 amide bonds. The number of carbonyl (C=O) groups is 2. The molecule has 0 bridgehead atoms. The van der Waals surface area contributed by atoms with Crippen molar-refractivity contribution < 1.29 is 45.4 Å². The number of hydrogen-bond acceptors (Lipinski definition) is 6. The minimum Gasteiger partial charge on any atom is -0.489 e. The predicted octanol–water partition coefficient (Wildman–Crippen LogP) is 5.74. The number of alkyl halides is 3. The van der Waals surface area contributed by atoms with Gasteiger partial charge in [-0.2, -0.15) is 13.2 Å². The van der Waals surface area contributed by atoms with E-state index in [2.05, 4.69) is 41.3 Å². The molecule has 13 heteroatoms. The maximum atomic E-state index is 14.9. The van der Waals surface area contributed by atoms with Crippen molar-refractivity contribution in [2.24, 2.45) is 0 Å². The van der Waals surface area contributed by atoms with Crippen LogP contribution in [0, 0.1) is 5.82 Å². The number of benzene rings is 3. The van der Waals surface area contributed by atoms with Gasteiger partial charge in [-0.1, -0.05) is 48.5 Å². The van der Waals surface area contributed by atoms with Crippen molar-refractivity contribution in [2.75, 3.05) is 19.3 Å². The standard InChI is InChI=1S/C29H31FN2O4S.C2HF3O2/c1-37(34,35)31-29(33)26-16-25(22-12-13-22)28(17-27(26)30)36-24-11-6-14-32(19-24)18-20-7-5-10-23(15-20)21-8-3-2-4-9-21;3-2(4,5)1(6)7/h2-5,7-10,15-17,22,24H,6,11-14,18-19H2,1H3,(H,31,33);(H,6,7)/t24-;/m1./s1. The number of ether oxygens (including phenoxy) is 1. The second kappa shape index (κ2) is 13.8. The maximum absolute atomic E-state index is 14.9. The summed E-state index contributed by atoms with van der Waals surface area (Å²) in [7, 11) is -3.79. The zero-order valence-corrected chi connectivity index (χ0v) is 24.6. The van der Waals surface area contributed by atoms with E-state index in [0.29, 0.717) is 5.75 Å². The van der Waals surface area contributed by atoms with Crippen molar-refractivity contribution in [2.45, 2.75) is 50.4 Å². The van der Waals surface area contributed by atoms with Gasteiger partial charge in [0, 0.05) is 19.2 Å². The number of nitrogens with zero attached hydrogens (tertiary/aromatic N) is 1. The van der Waals surface area contributed by atoms with Crippen molar-refractivity contribution in [1.82, 2.24) is 9.62 Å². The van der Waals surface area contributed by atoms with Crippen LogP contribution in [0.25, 0.3) is 11.1 Å². The molecule has 1 atom stereocenters. The highest BCUT2D eigenvalue weighted by Crippen LogP contribution is 2.45. The summed E-state index contributed by atoms with van der Waals surface area (Å²) in [5, 5.41) is 7.12. The predicted molar refractivity (Wildman–Crippen MR) is 155 cm³/mol. The van der Waals surface area contributed by atoms with E-state index < -0.39 is 33.9 Å². The Kier molecular flexibility index (Phi) is 10.3. The molecule has 0 spiro atoms. The summed E-state index contributed by atoms with van der Waals surface area (Å²) in [6.07, 6.45) is -0.608. The number of nitrogens with one attached hydrogen (secondary N) is 1. The number of amides is 1. The van der Waals surface area contributed by atoms with Gasteiger partial charge in [0.05, 0.1) is 11.8 Å². The summed E-state index contributed by atoms with van der Waals surface area (Å²) in [5.74, 6) is -3.86. The molecular formula is C31H32F4N2O6S. The molecule has 1 aliphatic heterocycles. The smallest absolute Gasteiger partial charge is 0.489 e. The second-order valence-corrected chi connectivity index (χ2v) is 12.6. The highest BCUT2D eigenvalue weighted by Gasteiger charge is 2.38. The lowest BCUT2D eigenvalue weighted by Crippen LogP contribution is -2.40. The van der Waals surface area contributed by atoms with Gasteiger partial charge in [-0.25, -0.2) is 22.3 Å². The van der Waals surface area contributed by atoms with E-state index in [9.17, 15) is 30.8 Å². The summed E-state index contributed by atoms with van der Waals surface area (Å²) in [6.45, 7) is 2.48. The molecular weight excluding hydrogens is 604 g/mol. The highest BCUT2D eigenvalue weighted by molar-refractivity contribution is 7.89. The van der Waals surface area contributed by atoms with E-state index in [1.54, 1.807) is 0 Å². The van der Waals surface area contributed by atoms with E-state index >= 15 is 0 Å². The molecule has 0 aromatic heterocycles. The first-order valence-electron chi connectivity index (χ1n) is 13.9. The quantitative estimate of drug-likeness (QED) is 0.304. The lowest BCUT2D eigenvalue weighted by atomic mass is 10.0. The van der Waals surface area contributed by atoms with Crippen LogP contribution in [0.5, 0.6) is 5.75 Å². The third kappa shape index (κ3) is 9.52. The third-order valence-electron chi connectivity index (χ3n) is 7.08. The number of sulfonamides is 1. The molecule has 236 valence electrons. The molecule has 5 rings (SSSR count). The Hall–Kier alpha value is -3.97. The van der Waals surface area contributed by atoms with Gasteiger partial charge in [0.1, 0.15) is 17.7 Å². The van der Waals surface area contributed by atoms with Gasteiger partial charge in [0.2, 0.25) is 10.0 Å². The Morgan fingerprint density at radius 2 is 1.66 bits per heavy atom. The molecule has 2 fully saturated rings. The van der Waals surface area contributed by atoms with E-state index in [1.165, 1.54) is 28.8 Å².